The Morgan fingerprint density at radius 1 is 0.280 bits per heavy atom. The molecule has 532 valence electrons. The number of nitrogens with zero attached hydrogens (tertiary/aromatic N) is 8. The first kappa shape index (κ1) is 71.4. The van der Waals surface area contributed by atoms with Gasteiger partial charge < -0.3 is 21.3 Å². The summed E-state index contributed by atoms with van der Waals surface area (Å²) in [6.45, 7) is 7.60. The van der Waals surface area contributed by atoms with Crippen LogP contribution in [-0.2, 0) is 96.2 Å². The maximum Gasteiger partial charge on any atom is 0.229 e. The summed E-state index contributed by atoms with van der Waals surface area (Å²) in [4.78, 5) is 87.6. The van der Waals surface area contributed by atoms with Crippen molar-refractivity contribution in [3.05, 3.63) is 321 Å². The van der Waals surface area contributed by atoms with Gasteiger partial charge in [-0.25, -0.2) is 39.9 Å². The fraction of sp³-hybridized carbons (Fsp3) is 0.209. The molecule has 16 nitrogen and oxygen atoms in total. The maximum atomic E-state index is 12.7. The molecular weight excluding hydrogens is 1330 g/mol. The van der Waals surface area contributed by atoms with Gasteiger partial charge in [-0.1, -0.05) is 231 Å². The zero-order chi connectivity index (χ0) is 73.6. The van der Waals surface area contributed by atoms with E-state index in [2.05, 4.69) is 130 Å². The second-order valence-electron chi connectivity index (χ2n) is 27.5. The van der Waals surface area contributed by atoms with E-state index < -0.39 is 0 Å². The number of rotatable bonds is 15. The smallest absolute Gasteiger partial charge is 0.229 e. The minimum atomic E-state index is -0.0751. The SMILES string of the molecule is Cc1nc2c(nc1NC(=O)CCCc1ccccc1)CCc1ccccc1-2.Cc1nc2c(nc1NC(=O)CCc1ccccc1)CCc1ccccc1-2.Cc1nc2c(nc1NC(=O)Cc1ccc3ccccc3c1)CCc1ccccc1-2.Cc1nc2c(nc1NC(=O)Cc1ccccc1)CCc1ccccc1-2. The van der Waals surface area contributed by atoms with Gasteiger partial charge in [-0.05, 0) is 154 Å². The monoisotopic (exact) mass is 1410 g/mol. The average molecular weight is 1410 g/mol. The van der Waals surface area contributed by atoms with Gasteiger partial charge in [0.15, 0.2) is 23.3 Å². The number of anilines is 4. The molecule has 4 aromatic heterocycles. The van der Waals surface area contributed by atoms with Gasteiger partial charge in [0.1, 0.15) is 0 Å². The molecule has 4 N–H and O–H groups in total. The van der Waals surface area contributed by atoms with E-state index in [0.717, 1.165) is 183 Å². The van der Waals surface area contributed by atoms with Gasteiger partial charge in [0, 0.05) is 35.1 Å². The van der Waals surface area contributed by atoms with E-state index in [0.29, 0.717) is 49.0 Å². The predicted octanol–water partition coefficient (Wildman–Crippen LogP) is 17.3. The fourth-order valence-electron chi connectivity index (χ4n) is 14.2. The van der Waals surface area contributed by atoms with Crippen LogP contribution in [0.5, 0.6) is 0 Å². The fourth-order valence-corrected chi connectivity index (χ4v) is 14.2. The van der Waals surface area contributed by atoms with E-state index >= 15 is 0 Å². The number of hydrogen-bond acceptors (Lipinski definition) is 12. The largest absolute Gasteiger partial charge is 0.309 e. The molecule has 0 spiro atoms. The number of hydrogen-bond donors (Lipinski definition) is 4. The van der Waals surface area contributed by atoms with Crippen molar-refractivity contribution in [1.82, 2.24) is 39.9 Å². The van der Waals surface area contributed by atoms with Crippen molar-refractivity contribution in [2.45, 2.75) is 124 Å². The first-order chi connectivity index (χ1) is 52.3. The highest BCUT2D eigenvalue weighted by Gasteiger charge is 2.26. The molecule has 0 bridgehead atoms. The van der Waals surface area contributed by atoms with Crippen LogP contribution < -0.4 is 21.3 Å². The van der Waals surface area contributed by atoms with Crippen LogP contribution in [0.2, 0.25) is 0 Å². The van der Waals surface area contributed by atoms with Crippen molar-refractivity contribution < 1.29 is 19.2 Å². The minimum absolute atomic E-state index is 0.000472. The third-order valence-corrected chi connectivity index (χ3v) is 19.8. The van der Waals surface area contributed by atoms with Crippen molar-refractivity contribution in [1.29, 1.82) is 0 Å². The van der Waals surface area contributed by atoms with E-state index in [-0.39, 0.29) is 23.6 Å². The van der Waals surface area contributed by atoms with Gasteiger partial charge in [0.2, 0.25) is 23.6 Å². The Morgan fingerprint density at radius 2 is 0.589 bits per heavy atom. The summed E-state index contributed by atoms with van der Waals surface area (Å²) < 4.78 is 0. The van der Waals surface area contributed by atoms with Gasteiger partial charge in [0.05, 0.1) is 81.2 Å². The minimum Gasteiger partial charge on any atom is -0.309 e. The first-order valence-electron chi connectivity index (χ1n) is 36.9. The zero-order valence-electron chi connectivity index (χ0n) is 60.8. The topological polar surface area (TPSA) is 220 Å². The highest BCUT2D eigenvalue weighted by atomic mass is 16.2. The molecule has 0 radical (unpaired) electrons. The third-order valence-electron chi connectivity index (χ3n) is 19.8. The Labute approximate surface area is 624 Å². The van der Waals surface area contributed by atoms with Gasteiger partial charge in [-0.15, -0.1) is 0 Å². The Balaban J connectivity index is 0.000000120. The lowest BCUT2D eigenvalue weighted by atomic mass is 9.92. The molecule has 17 rings (SSSR count). The second-order valence-corrected chi connectivity index (χ2v) is 27.5. The molecule has 4 aliphatic carbocycles. The molecule has 0 fully saturated rings. The van der Waals surface area contributed by atoms with Gasteiger partial charge >= 0.3 is 0 Å². The molecule has 4 heterocycles. The summed E-state index contributed by atoms with van der Waals surface area (Å²) in [7, 11) is 0. The van der Waals surface area contributed by atoms with E-state index in [4.69, 9.17) is 39.9 Å². The molecule has 107 heavy (non-hydrogen) atoms. The molecule has 4 aliphatic rings. The zero-order valence-corrected chi connectivity index (χ0v) is 60.8. The van der Waals surface area contributed by atoms with Crippen molar-refractivity contribution >= 4 is 57.7 Å². The number of carbonyl (C=O) groups is 4. The van der Waals surface area contributed by atoms with Crippen LogP contribution in [0.25, 0.3) is 55.8 Å². The normalized spacial score (nSPS) is 12.2. The van der Waals surface area contributed by atoms with Crippen LogP contribution in [0, 0.1) is 27.7 Å². The summed E-state index contributed by atoms with van der Waals surface area (Å²) in [5.41, 5.74) is 24.9. The Hall–Kier alpha value is -12.6. The van der Waals surface area contributed by atoms with Gasteiger partial charge in [-0.3, -0.25) is 19.2 Å². The summed E-state index contributed by atoms with van der Waals surface area (Å²) in [5.74, 6) is 2.14. The lowest BCUT2D eigenvalue weighted by molar-refractivity contribution is -0.117. The van der Waals surface area contributed by atoms with Crippen molar-refractivity contribution in [3.8, 4) is 45.0 Å². The number of benzene rings is 9. The molecule has 0 saturated heterocycles. The first-order valence-corrected chi connectivity index (χ1v) is 36.9. The number of carbonyl (C=O) groups excluding carboxylic acids is 4. The molecule has 13 aromatic rings. The molecule has 0 aliphatic heterocycles. The molecule has 4 amide bonds. The van der Waals surface area contributed by atoms with Crippen LogP contribution in [0.3, 0.4) is 0 Å². The Morgan fingerprint density at radius 3 is 0.981 bits per heavy atom. The summed E-state index contributed by atoms with van der Waals surface area (Å²) in [5, 5.41) is 14.1. The second kappa shape index (κ2) is 33.5. The number of amides is 4. The lowest BCUT2D eigenvalue weighted by Gasteiger charge is -2.20. The standard InChI is InChI=1S/C25H21N3O.C23H23N3O.C22H21N3O.C21H19N3O/c1-16-25(27-22-13-12-19-7-4-5-9-21(19)24(22)26-16)28-23(29)15-17-10-11-18-6-2-3-8-20(18)14-17;1-16-23(26-21(27)13-7-10-17-8-3-2-4-9-17)25-20-15-14-18-11-5-6-12-19(18)22(20)24-16;1-15-22(25-20(26)14-11-16-7-3-2-4-8-16)24-19-13-12-17-9-5-6-10-18(17)21(19)23-15;1-14-21(24-19(25)13-15-7-3-2-4-8-15)23-18-12-11-16-9-5-6-10-17(16)20(18)22-14/h2-11,14H,12-13,15H2,1H3,(H,27,28,29);2-6,8-9,11-12H,7,10,13-15H2,1H3,(H,25,26,27);2-10H,11-14H2,1H3,(H,24,25,26);2-10H,11-13H2,1H3,(H,23,24,25). The Bertz CT molecular complexity index is 5440. The van der Waals surface area contributed by atoms with Crippen LogP contribution in [0.4, 0.5) is 23.3 Å². The van der Waals surface area contributed by atoms with E-state index in [9.17, 15) is 19.2 Å². The van der Waals surface area contributed by atoms with E-state index in [1.165, 1.54) is 33.2 Å². The Kier molecular flexibility index (Phi) is 22.3. The number of aryl methyl sites for hydroxylation is 14. The van der Waals surface area contributed by atoms with Crippen LogP contribution in [0.1, 0.15) is 109 Å². The van der Waals surface area contributed by atoms with E-state index in [1.54, 1.807) is 0 Å². The average Bonchev–Trinajstić information content (AvgIpc) is 0.796. The van der Waals surface area contributed by atoms with Crippen molar-refractivity contribution in [2.24, 2.45) is 0 Å². The summed E-state index contributed by atoms with van der Waals surface area (Å²) >= 11 is 0. The van der Waals surface area contributed by atoms with Gasteiger partial charge in [0.25, 0.3) is 0 Å². The third kappa shape index (κ3) is 17.6. The van der Waals surface area contributed by atoms with Gasteiger partial charge in [-0.2, -0.15) is 0 Å². The molecule has 0 atom stereocenters. The van der Waals surface area contributed by atoms with Crippen LogP contribution in [0.15, 0.2) is 231 Å². The van der Waals surface area contributed by atoms with Crippen molar-refractivity contribution in [3.63, 3.8) is 0 Å². The molecule has 0 saturated carbocycles. The van der Waals surface area contributed by atoms with Crippen LogP contribution in [-0.4, -0.2) is 63.5 Å². The lowest BCUT2D eigenvalue weighted by Crippen LogP contribution is -2.19. The molecule has 16 heteroatoms. The maximum absolute atomic E-state index is 12.7. The number of nitrogens with one attached hydrogen (secondary N) is 4. The predicted molar refractivity (Wildman–Crippen MR) is 425 cm³/mol. The number of fused-ring (bicyclic) bond motifs is 13. The van der Waals surface area contributed by atoms with E-state index in [1.807, 2.05) is 149 Å². The quantitative estimate of drug-likeness (QED) is 0.0753. The summed E-state index contributed by atoms with van der Waals surface area (Å²) in [6, 6.07) is 77.6. The van der Waals surface area contributed by atoms with Crippen LogP contribution >= 0.6 is 0 Å². The molecule has 9 aromatic carbocycles. The highest BCUT2D eigenvalue weighted by Crippen LogP contribution is 2.37. The molecular formula is C91H84N12O4. The van der Waals surface area contributed by atoms with Crippen molar-refractivity contribution in [2.75, 3.05) is 21.3 Å². The molecule has 0 unspecified atom stereocenters. The number of aromatic nitrogens is 8. The summed E-state index contributed by atoms with van der Waals surface area (Å²) in [6.07, 6.45) is 11.2. The highest BCUT2D eigenvalue weighted by molar-refractivity contribution is 5.95.